The molecular weight excluding hydrogens is 346 g/mol. The second-order valence-corrected chi connectivity index (χ2v) is 7.27. The van der Waals surface area contributed by atoms with Crippen molar-refractivity contribution in [2.45, 2.75) is 13.5 Å². The highest BCUT2D eigenvalue weighted by molar-refractivity contribution is 5.85. The Morgan fingerprint density at radius 1 is 0.964 bits per heavy atom. The Bertz CT molecular complexity index is 923. The minimum Gasteiger partial charge on any atom is -0.494 e. The zero-order valence-corrected chi connectivity index (χ0v) is 16.5. The van der Waals surface area contributed by atoms with E-state index >= 15 is 0 Å². The lowest BCUT2D eigenvalue weighted by Gasteiger charge is -2.30. The zero-order chi connectivity index (χ0) is 19.2. The Balaban J connectivity index is 1.32. The number of rotatable bonds is 6. The van der Waals surface area contributed by atoms with Gasteiger partial charge in [0, 0.05) is 5.56 Å². The molecule has 28 heavy (non-hydrogen) atoms. The van der Waals surface area contributed by atoms with Gasteiger partial charge >= 0.3 is 0 Å². The van der Waals surface area contributed by atoms with Gasteiger partial charge in [-0.3, -0.25) is 5.01 Å². The monoisotopic (exact) mass is 374 g/mol. The number of quaternary nitrogens is 1. The molecule has 144 valence electrons. The van der Waals surface area contributed by atoms with Crippen LogP contribution in [0.4, 0.5) is 0 Å². The first-order valence-electron chi connectivity index (χ1n) is 10.1. The lowest BCUT2D eigenvalue weighted by Crippen LogP contribution is -3.13. The fourth-order valence-corrected chi connectivity index (χ4v) is 3.78. The molecule has 1 aliphatic heterocycles. The molecule has 1 saturated heterocycles. The van der Waals surface area contributed by atoms with Gasteiger partial charge in [-0.1, -0.05) is 42.5 Å². The maximum absolute atomic E-state index is 5.49. The normalized spacial score (nSPS) is 15.4. The summed E-state index contributed by atoms with van der Waals surface area (Å²) in [7, 11) is 0. The SMILES string of the molecule is CCOc1ccc(C=NN2CC[NH+](Cc3cccc4ccccc34)CC2)cc1. The van der Waals surface area contributed by atoms with E-state index in [1.807, 2.05) is 25.3 Å². The number of hydrazone groups is 1. The molecule has 4 nitrogen and oxygen atoms in total. The van der Waals surface area contributed by atoms with Crippen molar-refractivity contribution in [2.24, 2.45) is 5.10 Å². The lowest BCUT2D eigenvalue weighted by molar-refractivity contribution is -0.918. The molecule has 4 rings (SSSR count). The summed E-state index contributed by atoms with van der Waals surface area (Å²) in [6.45, 7) is 7.99. The highest BCUT2D eigenvalue weighted by atomic mass is 16.5. The van der Waals surface area contributed by atoms with Crippen molar-refractivity contribution in [3.8, 4) is 5.75 Å². The van der Waals surface area contributed by atoms with E-state index in [1.165, 1.54) is 16.3 Å². The number of piperazine rings is 1. The van der Waals surface area contributed by atoms with Crippen molar-refractivity contribution < 1.29 is 9.64 Å². The van der Waals surface area contributed by atoms with E-state index in [4.69, 9.17) is 4.74 Å². The van der Waals surface area contributed by atoms with Crippen LogP contribution in [0.5, 0.6) is 5.75 Å². The molecule has 1 heterocycles. The van der Waals surface area contributed by atoms with Gasteiger partial charge in [0.25, 0.3) is 0 Å². The van der Waals surface area contributed by atoms with Crippen LogP contribution in [-0.4, -0.2) is 44.0 Å². The predicted molar refractivity (Wildman–Crippen MR) is 115 cm³/mol. The van der Waals surface area contributed by atoms with E-state index in [-0.39, 0.29) is 0 Å². The zero-order valence-electron chi connectivity index (χ0n) is 16.5. The van der Waals surface area contributed by atoms with Gasteiger partial charge in [0.1, 0.15) is 12.3 Å². The number of benzene rings is 3. The standard InChI is InChI=1S/C24H27N3O/c1-2-28-23-12-10-20(11-13-23)18-25-27-16-14-26(15-17-27)19-22-8-5-7-21-6-3-4-9-24(21)22/h3-13,18H,2,14-17,19H2,1H3/p+1. The van der Waals surface area contributed by atoms with E-state index in [1.54, 1.807) is 4.90 Å². The summed E-state index contributed by atoms with van der Waals surface area (Å²) >= 11 is 0. The highest BCUT2D eigenvalue weighted by Crippen LogP contribution is 2.17. The second kappa shape index (κ2) is 8.89. The summed E-state index contributed by atoms with van der Waals surface area (Å²) in [5.74, 6) is 0.908. The number of hydrogen-bond donors (Lipinski definition) is 1. The Hall–Kier alpha value is -2.85. The van der Waals surface area contributed by atoms with E-state index in [0.29, 0.717) is 6.61 Å². The van der Waals surface area contributed by atoms with Crippen LogP contribution in [0.25, 0.3) is 10.8 Å². The number of ether oxygens (including phenoxy) is 1. The first-order chi connectivity index (χ1) is 13.8. The third kappa shape index (κ3) is 4.52. The molecule has 4 heteroatoms. The Labute approximate surface area is 167 Å². The Morgan fingerprint density at radius 2 is 1.71 bits per heavy atom. The van der Waals surface area contributed by atoms with E-state index in [9.17, 15) is 0 Å². The molecule has 1 fully saturated rings. The van der Waals surface area contributed by atoms with Gasteiger partial charge in [0.05, 0.1) is 39.0 Å². The molecule has 0 unspecified atom stereocenters. The van der Waals surface area contributed by atoms with Crippen LogP contribution in [0.2, 0.25) is 0 Å². The van der Waals surface area contributed by atoms with Crippen molar-refractivity contribution in [3.63, 3.8) is 0 Å². The molecule has 0 bridgehead atoms. The number of nitrogens with zero attached hydrogens (tertiary/aromatic N) is 2. The molecule has 3 aromatic rings. The average Bonchev–Trinajstić information content (AvgIpc) is 2.75. The topological polar surface area (TPSA) is 29.3 Å². The minimum atomic E-state index is 0.693. The molecule has 0 spiro atoms. The summed E-state index contributed by atoms with van der Waals surface area (Å²) in [6, 6.07) is 23.4. The highest BCUT2D eigenvalue weighted by Gasteiger charge is 2.19. The molecule has 0 aliphatic carbocycles. The molecular formula is C24H28N3O+. The van der Waals surface area contributed by atoms with Crippen molar-refractivity contribution in [2.75, 3.05) is 32.8 Å². The first kappa shape index (κ1) is 18.5. The summed E-state index contributed by atoms with van der Waals surface area (Å²) in [6.07, 6.45) is 1.95. The van der Waals surface area contributed by atoms with Crippen LogP contribution in [-0.2, 0) is 6.54 Å². The average molecular weight is 375 g/mol. The Morgan fingerprint density at radius 3 is 2.50 bits per heavy atom. The molecule has 0 atom stereocenters. The van der Waals surface area contributed by atoms with Crippen LogP contribution in [0.15, 0.2) is 71.8 Å². The van der Waals surface area contributed by atoms with Crippen molar-refractivity contribution in [1.29, 1.82) is 0 Å². The van der Waals surface area contributed by atoms with Gasteiger partial charge in [-0.15, -0.1) is 0 Å². The van der Waals surface area contributed by atoms with Gasteiger partial charge in [-0.05, 0) is 47.5 Å². The van der Waals surface area contributed by atoms with E-state index in [0.717, 1.165) is 44.0 Å². The van der Waals surface area contributed by atoms with Crippen LogP contribution >= 0.6 is 0 Å². The summed E-state index contributed by atoms with van der Waals surface area (Å²) < 4.78 is 5.49. The van der Waals surface area contributed by atoms with Crippen LogP contribution in [0, 0.1) is 0 Å². The summed E-state index contributed by atoms with van der Waals surface area (Å²) in [5, 5.41) is 9.57. The van der Waals surface area contributed by atoms with Gasteiger partial charge in [-0.2, -0.15) is 5.10 Å². The molecule has 0 radical (unpaired) electrons. The molecule has 1 N–H and O–H groups in total. The van der Waals surface area contributed by atoms with Crippen LogP contribution < -0.4 is 9.64 Å². The fraction of sp³-hybridized carbons (Fsp3) is 0.292. The summed E-state index contributed by atoms with van der Waals surface area (Å²) in [4.78, 5) is 1.63. The first-order valence-corrected chi connectivity index (χ1v) is 10.1. The van der Waals surface area contributed by atoms with Gasteiger partial charge in [-0.25, -0.2) is 0 Å². The third-order valence-electron chi connectivity index (χ3n) is 5.33. The van der Waals surface area contributed by atoms with Crippen molar-refractivity contribution in [3.05, 3.63) is 77.9 Å². The largest absolute Gasteiger partial charge is 0.494 e. The van der Waals surface area contributed by atoms with E-state index < -0.39 is 0 Å². The predicted octanol–water partition coefficient (Wildman–Crippen LogP) is 2.97. The maximum atomic E-state index is 5.49. The maximum Gasteiger partial charge on any atom is 0.119 e. The molecule has 3 aromatic carbocycles. The van der Waals surface area contributed by atoms with Crippen molar-refractivity contribution >= 4 is 17.0 Å². The quantitative estimate of drug-likeness (QED) is 0.672. The van der Waals surface area contributed by atoms with Crippen molar-refractivity contribution in [1.82, 2.24) is 5.01 Å². The smallest absolute Gasteiger partial charge is 0.119 e. The van der Waals surface area contributed by atoms with Gasteiger partial charge < -0.3 is 9.64 Å². The van der Waals surface area contributed by atoms with Gasteiger partial charge in [0.2, 0.25) is 0 Å². The molecule has 0 amide bonds. The molecule has 0 saturated carbocycles. The fourth-order valence-electron chi connectivity index (χ4n) is 3.78. The second-order valence-electron chi connectivity index (χ2n) is 7.27. The minimum absolute atomic E-state index is 0.693. The third-order valence-corrected chi connectivity index (χ3v) is 5.33. The Kier molecular flexibility index (Phi) is 5.88. The number of fused-ring (bicyclic) bond motifs is 1. The number of nitrogens with one attached hydrogen (secondary N) is 1. The molecule has 0 aromatic heterocycles. The van der Waals surface area contributed by atoms with Crippen LogP contribution in [0.3, 0.4) is 0 Å². The number of hydrogen-bond acceptors (Lipinski definition) is 3. The van der Waals surface area contributed by atoms with E-state index in [2.05, 4.69) is 64.7 Å². The lowest BCUT2D eigenvalue weighted by atomic mass is 10.0. The molecule has 1 aliphatic rings. The van der Waals surface area contributed by atoms with Gasteiger partial charge in [0.15, 0.2) is 0 Å². The van der Waals surface area contributed by atoms with Crippen LogP contribution in [0.1, 0.15) is 18.1 Å². The summed E-state index contributed by atoms with van der Waals surface area (Å²) in [5.41, 5.74) is 2.55.